The maximum atomic E-state index is 16.3. The van der Waals surface area contributed by atoms with Crippen LogP contribution in [-0.4, -0.2) is 158 Å². The van der Waals surface area contributed by atoms with Gasteiger partial charge in [0.15, 0.2) is 12.0 Å². The summed E-state index contributed by atoms with van der Waals surface area (Å²) in [6.07, 6.45) is 6.91. The van der Waals surface area contributed by atoms with E-state index in [1.54, 1.807) is 31.5 Å². The van der Waals surface area contributed by atoms with E-state index in [-0.39, 0.29) is 67.7 Å². The molecule has 0 saturated carbocycles. The highest BCUT2D eigenvalue weighted by molar-refractivity contribution is 7.92. The van der Waals surface area contributed by atoms with E-state index in [4.69, 9.17) is 23.9 Å². The van der Waals surface area contributed by atoms with E-state index in [1.165, 1.54) is 35.3 Å². The predicted molar refractivity (Wildman–Crippen MR) is 267 cm³/mol. The van der Waals surface area contributed by atoms with Crippen molar-refractivity contribution >= 4 is 67.8 Å². The number of benzene rings is 2. The number of piperidine rings is 2. The third-order valence-corrected chi connectivity index (χ3v) is 14.3. The lowest BCUT2D eigenvalue weighted by Crippen LogP contribution is -2.54. The van der Waals surface area contributed by atoms with Crippen LogP contribution in [0.1, 0.15) is 73.1 Å². The Hall–Kier alpha value is -6.83. The van der Waals surface area contributed by atoms with Crippen LogP contribution in [0, 0.1) is 11.6 Å². The standard InChI is InChI=1S/C50H58F2N10O11S/c1-4-19-70-20-21-71-22-23-72-24-25-73-50(47(65)55-36-8-6-7-33-42(36)49(67)62(48(33)66)39-12-14-41(63)57-46(39)64)60-17-15-32(16-18-60)59(3)40-13-11-38-44(56-40)34(31-27-53-30-54-28-31)29-61(38)45-35(51)9-10-37(43(45)52)58-74(68,69)26-5-2/h6-11,13,27-30,32,39,50,58H,4-5,12,14-26H2,1-3H3,(H,55,65)(H,57,63,64). The fraction of sp³-hybridized carbons (Fsp3) is 0.440. The minimum Gasteiger partial charge on any atom is -0.379 e. The number of halogens is 2. The molecule has 0 aliphatic carbocycles. The Morgan fingerprint density at radius 2 is 1.55 bits per heavy atom. The molecule has 3 aliphatic rings. The number of carbonyl (C=O) groups is 5. The number of carbonyl (C=O) groups excluding carboxylic acids is 5. The van der Waals surface area contributed by atoms with Gasteiger partial charge in [0, 0.05) is 68.9 Å². The lowest BCUT2D eigenvalue weighted by atomic mass is 10.0. The number of likely N-dealkylation sites (tertiary alicyclic amines) is 1. The number of pyridine rings is 1. The van der Waals surface area contributed by atoms with E-state index in [1.807, 2.05) is 23.8 Å². The van der Waals surface area contributed by atoms with Gasteiger partial charge >= 0.3 is 0 Å². The quantitative estimate of drug-likeness (QED) is 0.0562. The van der Waals surface area contributed by atoms with Gasteiger partial charge in [0.05, 0.1) is 78.9 Å². The summed E-state index contributed by atoms with van der Waals surface area (Å²) in [6.45, 7) is 6.70. The number of hydrogen-bond acceptors (Lipinski definition) is 16. The van der Waals surface area contributed by atoms with Crippen molar-refractivity contribution in [2.24, 2.45) is 0 Å². The number of sulfonamides is 1. The fourth-order valence-electron chi connectivity index (χ4n) is 9.21. The summed E-state index contributed by atoms with van der Waals surface area (Å²) in [7, 11) is -2.05. The normalized spacial score (nSPS) is 16.9. The first-order valence-electron chi connectivity index (χ1n) is 24.4. The van der Waals surface area contributed by atoms with E-state index in [9.17, 15) is 32.4 Å². The Bertz CT molecular complexity index is 2990. The van der Waals surface area contributed by atoms with Crippen molar-refractivity contribution in [1.29, 1.82) is 0 Å². The van der Waals surface area contributed by atoms with Crippen LogP contribution >= 0.6 is 0 Å². The zero-order valence-electron chi connectivity index (χ0n) is 41.2. The van der Waals surface area contributed by atoms with Gasteiger partial charge in [0.25, 0.3) is 17.7 Å². The van der Waals surface area contributed by atoms with Crippen molar-refractivity contribution in [2.45, 2.75) is 70.7 Å². The van der Waals surface area contributed by atoms with Gasteiger partial charge in [-0.15, -0.1) is 0 Å². The van der Waals surface area contributed by atoms with Crippen molar-refractivity contribution in [2.75, 3.05) is 87.1 Å². The van der Waals surface area contributed by atoms with Crippen LogP contribution in [0.2, 0.25) is 0 Å². The smallest absolute Gasteiger partial charge is 0.268 e. The Morgan fingerprint density at radius 3 is 2.24 bits per heavy atom. The largest absolute Gasteiger partial charge is 0.379 e. The highest BCUT2D eigenvalue weighted by atomic mass is 32.2. The molecule has 2 fully saturated rings. The molecule has 24 heteroatoms. The molecule has 394 valence electrons. The summed E-state index contributed by atoms with van der Waals surface area (Å²) < 4.78 is 83.7. The number of rotatable bonds is 24. The SMILES string of the molecule is CCCOCCOCCOCCOC(C(=O)Nc1cccc2c1C(=O)N(C1CCC(=O)NC1=O)C2=O)N1CCC(N(C)c2ccc3c(n2)c(-c2cncnc2)cn3-c2c(F)ccc(NS(=O)(=O)CCC)c2F)CC1. The molecule has 5 amide bonds. The third kappa shape index (κ3) is 11.9. The predicted octanol–water partition coefficient (Wildman–Crippen LogP) is 4.66. The molecule has 6 heterocycles. The maximum Gasteiger partial charge on any atom is 0.268 e. The van der Waals surface area contributed by atoms with Gasteiger partial charge in [-0.25, -0.2) is 32.2 Å². The van der Waals surface area contributed by atoms with Gasteiger partial charge in [-0.2, -0.15) is 0 Å². The summed E-state index contributed by atoms with van der Waals surface area (Å²) in [6, 6.07) is 8.55. The molecule has 0 bridgehead atoms. The van der Waals surface area contributed by atoms with Gasteiger partial charge in [-0.3, -0.25) is 43.8 Å². The number of hydrogen-bond donors (Lipinski definition) is 3. The first-order chi connectivity index (χ1) is 35.7. The number of anilines is 3. The van der Waals surface area contributed by atoms with Crippen LogP contribution < -0.4 is 20.3 Å². The van der Waals surface area contributed by atoms with Crippen molar-refractivity contribution in [3.05, 3.63) is 90.1 Å². The van der Waals surface area contributed by atoms with E-state index in [2.05, 4.69) is 25.3 Å². The second-order valence-corrected chi connectivity index (χ2v) is 19.7. The molecule has 74 heavy (non-hydrogen) atoms. The molecular weight excluding hydrogens is 987 g/mol. The summed E-state index contributed by atoms with van der Waals surface area (Å²) in [5.74, 6) is -5.16. The van der Waals surface area contributed by atoms with Gasteiger partial charge in [0.2, 0.25) is 21.8 Å². The van der Waals surface area contributed by atoms with Gasteiger partial charge in [0.1, 0.15) is 29.7 Å². The number of fused-ring (bicyclic) bond motifs is 2. The molecule has 2 atom stereocenters. The second-order valence-electron chi connectivity index (χ2n) is 17.9. The molecule has 3 aromatic heterocycles. The molecule has 21 nitrogen and oxygen atoms in total. The number of imide groups is 2. The van der Waals surface area contributed by atoms with E-state index >= 15 is 8.78 Å². The van der Waals surface area contributed by atoms with Gasteiger partial charge in [-0.1, -0.05) is 19.9 Å². The summed E-state index contributed by atoms with van der Waals surface area (Å²) in [4.78, 5) is 84.4. The van der Waals surface area contributed by atoms with Crippen LogP contribution in [0.15, 0.2) is 67.4 Å². The van der Waals surface area contributed by atoms with Crippen LogP contribution in [-0.2, 0) is 43.4 Å². The zero-order valence-corrected chi connectivity index (χ0v) is 42.0. The first-order valence-corrected chi connectivity index (χ1v) is 26.1. The second kappa shape index (κ2) is 24.0. The van der Waals surface area contributed by atoms with Crippen LogP contribution in [0.4, 0.5) is 26.0 Å². The molecule has 0 radical (unpaired) electrons. The third-order valence-electron chi connectivity index (χ3n) is 12.8. The Kier molecular flexibility index (Phi) is 17.4. The Morgan fingerprint density at radius 1 is 0.851 bits per heavy atom. The molecular formula is C50H58F2N10O11S. The van der Waals surface area contributed by atoms with Gasteiger partial charge in [-0.05, 0) is 68.5 Å². The number of nitrogens with zero attached hydrogens (tertiary/aromatic N) is 7. The molecule has 3 N–H and O–H groups in total. The van der Waals surface area contributed by atoms with E-state index in [0.717, 1.165) is 23.5 Å². The zero-order chi connectivity index (χ0) is 52.5. The number of ether oxygens (including phenoxy) is 4. The molecule has 0 spiro atoms. The summed E-state index contributed by atoms with van der Waals surface area (Å²) in [5.41, 5.74) is 0.698. The first kappa shape index (κ1) is 53.5. The van der Waals surface area contributed by atoms with Crippen molar-refractivity contribution in [1.82, 2.24) is 34.6 Å². The fourth-order valence-corrected chi connectivity index (χ4v) is 10.3. The number of aromatic nitrogens is 4. The number of amides is 5. The molecule has 5 aromatic rings. The summed E-state index contributed by atoms with van der Waals surface area (Å²) >= 11 is 0. The summed E-state index contributed by atoms with van der Waals surface area (Å²) in [5, 5.41) is 5.00. The molecule has 8 rings (SSSR count). The van der Waals surface area contributed by atoms with Crippen molar-refractivity contribution in [3.63, 3.8) is 0 Å². The molecule has 2 saturated heterocycles. The Labute approximate surface area is 425 Å². The topological polar surface area (TPSA) is 246 Å². The van der Waals surface area contributed by atoms with Crippen molar-refractivity contribution in [3.8, 4) is 16.8 Å². The lowest BCUT2D eigenvalue weighted by molar-refractivity contribution is -0.145. The molecule has 2 unspecified atom stereocenters. The highest BCUT2D eigenvalue weighted by Gasteiger charge is 2.46. The molecule has 2 aromatic carbocycles. The average molecular weight is 1050 g/mol. The molecule has 3 aliphatic heterocycles. The van der Waals surface area contributed by atoms with Crippen LogP contribution in [0.25, 0.3) is 27.8 Å². The number of nitrogens with one attached hydrogen (secondary N) is 3. The highest BCUT2D eigenvalue weighted by Crippen LogP contribution is 2.37. The lowest BCUT2D eigenvalue weighted by Gasteiger charge is -2.40. The average Bonchev–Trinajstić information content (AvgIpc) is 3.89. The minimum absolute atomic E-state index is 0.000198. The monoisotopic (exact) mass is 1040 g/mol. The van der Waals surface area contributed by atoms with Crippen molar-refractivity contribution < 1.29 is 60.1 Å². The van der Waals surface area contributed by atoms with E-state index < -0.39 is 74.8 Å². The van der Waals surface area contributed by atoms with E-state index in [0.29, 0.717) is 80.3 Å². The van der Waals surface area contributed by atoms with Gasteiger partial charge < -0.3 is 33.7 Å². The Balaban J connectivity index is 0.998. The van der Waals surface area contributed by atoms with Crippen LogP contribution in [0.5, 0.6) is 0 Å². The van der Waals surface area contributed by atoms with Crippen LogP contribution in [0.3, 0.4) is 0 Å². The minimum atomic E-state index is -3.91. The maximum absolute atomic E-state index is 16.3.